The van der Waals surface area contributed by atoms with Crippen molar-refractivity contribution >= 4 is 5.78 Å². The number of Topliss-reactive ketones (excluding diaryl/α,β-unsaturated/α-hetero) is 1. The Labute approximate surface area is 80.4 Å². The molecule has 0 radical (unpaired) electrons. The number of carbonyl (C=O) groups is 1. The van der Waals surface area contributed by atoms with Crippen LogP contribution in [0.5, 0.6) is 0 Å². The van der Waals surface area contributed by atoms with E-state index in [1.165, 1.54) is 0 Å². The summed E-state index contributed by atoms with van der Waals surface area (Å²) in [6.45, 7) is -1.74. The van der Waals surface area contributed by atoms with E-state index in [0.717, 1.165) is 19.3 Å². The van der Waals surface area contributed by atoms with E-state index in [-0.39, 0.29) is 5.78 Å². The summed E-state index contributed by atoms with van der Waals surface area (Å²) in [7, 11) is 0. The van der Waals surface area contributed by atoms with Gasteiger partial charge in [0.25, 0.3) is 0 Å². The summed E-state index contributed by atoms with van der Waals surface area (Å²) in [5.41, 5.74) is 0. The van der Waals surface area contributed by atoms with Gasteiger partial charge < -0.3 is 4.74 Å². The van der Waals surface area contributed by atoms with Crippen molar-refractivity contribution in [2.45, 2.75) is 31.9 Å². The van der Waals surface area contributed by atoms with Gasteiger partial charge in [-0.1, -0.05) is 12.8 Å². The monoisotopic (exact) mass is 210 g/mol. The molecule has 1 aliphatic carbocycles. The maximum atomic E-state index is 11.6. The van der Waals surface area contributed by atoms with E-state index in [1.807, 2.05) is 0 Å². The molecule has 1 aliphatic rings. The van der Waals surface area contributed by atoms with Crippen molar-refractivity contribution in [1.82, 2.24) is 0 Å². The highest BCUT2D eigenvalue weighted by molar-refractivity contribution is 5.79. The van der Waals surface area contributed by atoms with Gasteiger partial charge >= 0.3 is 6.18 Å². The first-order valence-corrected chi connectivity index (χ1v) is 4.63. The molecular weight excluding hydrogens is 197 g/mol. The van der Waals surface area contributed by atoms with Crippen LogP contribution in [0.15, 0.2) is 0 Å². The largest absolute Gasteiger partial charge is 0.411 e. The number of hydrogen-bond donors (Lipinski definition) is 0. The van der Waals surface area contributed by atoms with E-state index in [2.05, 4.69) is 4.74 Å². The van der Waals surface area contributed by atoms with Crippen LogP contribution in [0.3, 0.4) is 0 Å². The van der Waals surface area contributed by atoms with E-state index in [1.54, 1.807) is 0 Å². The maximum absolute atomic E-state index is 11.6. The van der Waals surface area contributed by atoms with Gasteiger partial charge in [0.1, 0.15) is 13.2 Å². The molecule has 0 aromatic rings. The molecule has 14 heavy (non-hydrogen) atoms. The lowest BCUT2D eigenvalue weighted by molar-refractivity contribution is -0.175. The molecular formula is C9H13F3O2. The zero-order chi connectivity index (χ0) is 10.6. The maximum Gasteiger partial charge on any atom is 0.411 e. The lowest BCUT2D eigenvalue weighted by atomic mass is 10.2. The molecule has 5 heteroatoms. The standard InChI is InChI=1S/C9H13F3O2/c10-9(11,12)6-14-5-8(13)4-3-7-1-2-7/h7H,1-6H2. The first-order valence-electron chi connectivity index (χ1n) is 4.63. The lowest BCUT2D eigenvalue weighted by Gasteiger charge is -2.06. The lowest BCUT2D eigenvalue weighted by Crippen LogP contribution is -2.20. The van der Waals surface area contributed by atoms with Gasteiger partial charge in [0.15, 0.2) is 5.78 Å². The summed E-state index contributed by atoms with van der Waals surface area (Å²) >= 11 is 0. The number of ketones is 1. The topological polar surface area (TPSA) is 26.3 Å². The third kappa shape index (κ3) is 5.96. The van der Waals surface area contributed by atoms with Gasteiger partial charge in [-0.05, 0) is 12.3 Å². The minimum Gasteiger partial charge on any atom is -0.364 e. The van der Waals surface area contributed by atoms with Crippen molar-refractivity contribution in [2.75, 3.05) is 13.2 Å². The third-order valence-electron chi connectivity index (χ3n) is 2.06. The van der Waals surface area contributed by atoms with Crippen molar-refractivity contribution in [1.29, 1.82) is 0 Å². The molecule has 0 aromatic heterocycles. The molecule has 1 fully saturated rings. The van der Waals surface area contributed by atoms with Crippen molar-refractivity contribution in [2.24, 2.45) is 5.92 Å². The van der Waals surface area contributed by atoms with Gasteiger partial charge in [0.05, 0.1) is 0 Å². The Morgan fingerprint density at radius 1 is 1.36 bits per heavy atom. The number of hydrogen-bond acceptors (Lipinski definition) is 2. The zero-order valence-corrected chi connectivity index (χ0v) is 7.77. The second kappa shape index (κ2) is 4.77. The second-order valence-electron chi connectivity index (χ2n) is 3.63. The average Bonchev–Trinajstić information content (AvgIpc) is 2.81. The van der Waals surface area contributed by atoms with E-state index >= 15 is 0 Å². The van der Waals surface area contributed by atoms with Crippen LogP contribution >= 0.6 is 0 Å². The van der Waals surface area contributed by atoms with Crippen LogP contribution in [0.4, 0.5) is 13.2 Å². The molecule has 0 aromatic carbocycles. The fourth-order valence-electron chi connectivity index (χ4n) is 1.12. The fourth-order valence-corrected chi connectivity index (χ4v) is 1.12. The Balaban J connectivity index is 1.96. The summed E-state index contributed by atoms with van der Waals surface area (Å²) in [4.78, 5) is 11.0. The number of alkyl halides is 3. The summed E-state index contributed by atoms with van der Waals surface area (Å²) in [6, 6.07) is 0. The Morgan fingerprint density at radius 2 is 2.00 bits per heavy atom. The first kappa shape index (κ1) is 11.5. The Bertz CT molecular complexity index is 197. The molecule has 0 spiro atoms. The SMILES string of the molecule is O=C(CCC1CC1)COCC(F)(F)F. The van der Waals surface area contributed by atoms with E-state index in [9.17, 15) is 18.0 Å². The molecule has 0 heterocycles. The Morgan fingerprint density at radius 3 is 2.50 bits per heavy atom. The molecule has 1 rings (SSSR count). The molecule has 0 amide bonds. The molecule has 2 nitrogen and oxygen atoms in total. The Hall–Kier alpha value is -0.580. The Kier molecular flexibility index (Phi) is 3.92. The summed E-state index contributed by atoms with van der Waals surface area (Å²) < 4.78 is 39.0. The molecule has 0 atom stereocenters. The molecule has 0 N–H and O–H groups in total. The van der Waals surface area contributed by atoms with Gasteiger partial charge in [-0.15, -0.1) is 0 Å². The van der Waals surface area contributed by atoms with Crippen molar-refractivity contribution in [3.8, 4) is 0 Å². The number of halogens is 3. The molecule has 0 saturated heterocycles. The molecule has 0 aliphatic heterocycles. The van der Waals surface area contributed by atoms with Crippen LogP contribution in [-0.2, 0) is 9.53 Å². The molecule has 0 unspecified atom stereocenters. The quantitative estimate of drug-likeness (QED) is 0.672. The summed E-state index contributed by atoms with van der Waals surface area (Å²) in [5.74, 6) is 0.391. The smallest absolute Gasteiger partial charge is 0.364 e. The van der Waals surface area contributed by atoms with Gasteiger partial charge in [0.2, 0.25) is 0 Å². The van der Waals surface area contributed by atoms with Crippen molar-refractivity contribution in [3.63, 3.8) is 0 Å². The van der Waals surface area contributed by atoms with Gasteiger partial charge in [-0.2, -0.15) is 13.2 Å². The van der Waals surface area contributed by atoms with Gasteiger partial charge in [-0.25, -0.2) is 0 Å². The summed E-state index contributed by atoms with van der Waals surface area (Å²) in [6.07, 6.45) is -0.888. The van der Waals surface area contributed by atoms with Crippen molar-refractivity contribution in [3.05, 3.63) is 0 Å². The highest BCUT2D eigenvalue weighted by atomic mass is 19.4. The van der Waals surface area contributed by atoms with Gasteiger partial charge in [-0.3, -0.25) is 4.79 Å². The average molecular weight is 210 g/mol. The normalized spacial score (nSPS) is 17.1. The van der Waals surface area contributed by atoms with Gasteiger partial charge in [0, 0.05) is 6.42 Å². The van der Waals surface area contributed by atoms with Crippen LogP contribution in [0.1, 0.15) is 25.7 Å². The fraction of sp³-hybridized carbons (Fsp3) is 0.889. The van der Waals surface area contributed by atoms with Crippen LogP contribution in [0.25, 0.3) is 0 Å². The van der Waals surface area contributed by atoms with E-state index < -0.39 is 19.4 Å². The minimum absolute atomic E-state index is 0.235. The predicted molar refractivity (Wildman–Crippen MR) is 43.8 cm³/mol. The molecule has 82 valence electrons. The van der Waals surface area contributed by atoms with Crippen LogP contribution in [-0.4, -0.2) is 25.2 Å². The van der Waals surface area contributed by atoms with E-state index in [4.69, 9.17) is 0 Å². The highest BCUT2D eigenvalue weighted by Gasteiger charge is 2.28. The van der Waals surface area contributed by atoms with Crippen LogP contribution in [0.2, 0.25) is 0 Å². The minimum atomic E-state index is -4.34. The van der Waals surface area contributed by atoms with Crippen LogP contribution < -0.4 is 0 Å². The number of rotatable bonds is 6. The van der Waals surface area contributed by atoms with Crippen molar-refractivity contribution < 1.29 is 22.7 Å². The first-order chi connectivity index (χ1) is 6.47. The highest BCUT2D eigenvalue weighted by Crippen LogP contribution is 2.33. The molecule has 0 bridgehead atoms. The predicted octanol–water partition coefficient (Wildman–Crippen LogP) is 2.32. The van der Waals surface area contributed by atoms with Crippen LogP contribution in [0, 0.1) is 5.92 Å². The summed E-state index contributed by atoms with van der Waals surface area (Å²) in [5, 5.41) is 0. The zero-order valence-electron chi connectivity index (χ0n) is 7.77. The number of carbonyl (C=O) groups excluding carboxylic acids is 1. The van der Waals surface area contributed by atoms with E-state index in [0.29, 0.717) is 12.3 Å². The molecule has 1 saturated carbocycles. The second-order valence-corrected chi connectivity index (χ2v) is 3.63. The number of ether oxygens (including phenoxy) is 1. The third-order valence-corrected chi connectivity index (χ3v) is 2.06.